The molecular formula is C24H31ClN6O. The van der Waals surface area contributed by atoms with Gasteiger partial charge in [0, 0.05) is 72.4 Å². The lowest BCUT2D eigenvalue weighted by molar-refractivity contribution is 0.164. The van der Waals surface area contributed by atoms with Gasteiger partial charge in [-0.3, -0.25) is 9.89 Å². The molecule has 0 radical (unpaired) electrons. The van der Waals surface area contributed by atoms with Crippen LogP contribution in [0, 0.1) is 11.3 Å². The Bertz CT molecular complexity index is 956. The first-order valence-electron chi connectivity index (χ1n) is 11.3. The average molecular weight is 455 g/mol. The average Bonchev–Trinajstić information content (AvgIpc) is 2.81. The molecule has 0 saturated carbocycles. The summed E-state index contributed by atoms with van der Waals surface area (Å²) < 4.78 is 0. The summed E-state index contributed by atoms with van der Waals surface area (Å²) in [7, 11) is 0. The van der Waals surface area contributed by atoms with Crippen molar-refractivity contribution in [2.24, 2.45) is 16.6 Å². The number of rotatable bonds is 5. The Kier molecular flexibility index (Phi) is 7.27. The molecule has 1 saturated heterocycles. The highest BCUT2D eigenvalue weighted by Gasteiger charge is 2.29. The van der Waals surface area contributed by atoms with Gasteiger partial charge >= 0.3 is 6.03 Å². The lowest BCUT2D eigenvalue weighted by Gasteiger charge is -2.36. The van der Waals surface area contributed by atoms with Crippen molar-refractivity contribution in [2.75, 3.05) is 26.2 Å². The molecule has 0 aliphatic carbocycles. The molecule has 4 rings (SSSR count). The van der Waals surface area contributed by atoms with E-state index in [2.05, 4.69) is 21.3 Å². The third kappa shape index (κ3) is 5.40. The Balaban J connectivity index is 1.33. The highest BCUT2D eigenvalue weighted by atomic mass is 35.5. The number of hydrogen-bond donors (Lipinski definition) is 3. The first kappa shape index (κ1) is 22.6. The molecular weight excluding hydrogens is 424 g/mol. The van der Waals surface area contributed by atoms with E-state index in [1.165, 1.54) is 0 Å². The van der Waals surface area contributed by atoms with Crippen LogP contribution in [0.25, 0.3) is 0 Å². The molecule has 3 aliphatic rings. The topological polar surface area (TPSA) is 97.8 Å². The summed E-state index contributed by atoms with van der Waals surface area (Å²) in [5.41, 5.74) is 9.35. The van der Waals surface area contributed by atoms with Gasteiger partial charge < -0.3 is 21.4 Å². The Morgan fingerprint density at radius 2 is 2.16 bits per heavy atom. The summed E-state index contributed by atoms with van der Waals surface area (Å²) in [6, 6.07) is 7.94. The quantitative estimate of drug-likeness (QED) is 0.593. The molecule has 0 bridgehead atoms. The highest BCUT2D eigenvalue weighted by Crippen LogP contribution is 2.23. The van der Waals surface area contributed by atoms with Gasteiger partial charge in [-0.1, -0.05) is 35.9 Å². The number of carbonyl (C=O) groups excluding carboxylic acids is 1. The van der Waals surface area contributed by atoms with Gasteiger partial charge in [-0.25, -0.2) is 4.79 Å². The van der Waals surface area contributed by atoms with Crippen molar-refractivity contribution in [3.05, 3.63) is 58.4 Å². The van der Waals surface area contributed by atoms with Crippen molar-refractivity contribution in [3.63, 3.8) is 0 Å². The van der Waals surface area contributed by atoms with Gasteiger partial charge in [0.05, 0.1) is 6.54 Å². The molecule has 1 aromatic rings. The molecule has 32 heavy (non-hydrogen) atoms. The second kappa shape index (κ2) is 10.3. The number of nitrogens with zero attached hydrogens (tertiary/aromatic N) is 3. The SMILES string of the molecule is N=C(C1=C(N)CCN(C(=O)NC2CCCN(Cc3ccccc3Cl)C2)C1)C1C=CN=CC1. The number of nitrogens with one attached hydrogen (secondary N) is 2. The van der Waals surface area contributed by atoms with E-state index >= 15 is 0 Å². The van der Waals surface area contributed by atoms with Crippen LogP contribution in [0.5, 0.6) is 0 Å². The van der Waals surface area contributed by atoms with Gasteiger partial charge in [-0.05, 0) is 37.4 Å². The monoisotopic (exact) mass is 454 g/mol. The fourth-order valence-electron chi connectivity index (χ4n) is 4.56. The van der Waals surface area contributed by atoms with Crippen LogP contribution in [-0.2, 0) is 6.54 Å². The van der Waals surface area contributed by atoms with E-state index < -0.39 is 0 Å². The lowest BCUT2D eigenvalue weighted by atomic mass is 9.90. The van der Waals surface area contributed by atoms with E-state index in [1.807, 2.05) is 30.5 Å². The largest absolute Gasteiger partial charge is 0.402 e. The van der Waals surface area contributed by atoms with Crippen molar-refractivity contribution in [3.8, 4) is 0 Å². The van der Waals surface area contributed by atoms with Gasteiger partial charge in [0.25, 0.3) is 0 Å². The van der Waals surface area contributed by atoms with Gasteiger partial charge in [0.1, 0.15) is 0 Å². The number of piperidine rings is 1. The minimum atomic E-state index is -0.0758. The smallest absolute Gasteiger partial charge is 0.317 e. The molecule has 170 valence electrons. The van der Waals surface area contributed by atoms with Crippen molar-refractivity contribution >= 4 is 29.6 Å². The second-order valence-corrected chi connectivity index (χ2v) is 9.13. The highest BCUT2D eigenvalue weighted by molar-refractivity contribution is 6.31. The number of nitrogens with two attached hydrogens (primary N) is 1. The normalized spacial score (nSPS) is 24.0. The number of allylic oxidation sites excluding steroid dienone is 1. The Morgan fingerprint density at radius 1 is 1.31 bits per heavy atom. The van der Waals surface area contributed by atoms with Crippen LogP contribution in [0.4, 0.5) is 4.79 Å². The second-order valence-electron chi connectivity index (χ2n) is 8.72. The Labute approximate surface area is 194 Å². The molecule has 2 amide bonds. The molecule has 3 heterocycles. The summed E-state index contributed by atoms with van der Waals surface area (Å²) in [6.45, 7) is 3.55. The minimum Gasteiger partial charge on any atom is -0.402 e. The predicted molar refractivity (Wildman–Crippen MR) is 129 cm³/mol. The first-order chi connectivity index (χ1) is 15.5. The minimum absolute atomic E-state index is 0.0271. The maximum Gasteiger partial charge on any atom is 0.317 e. The number of urea groups is 1. The number of hydrogen-bond acceptors (Lipinski definition) is 5. The van der Waals surface area contributed by atoms with Crippen molar-refractivity contribution < 1.29 is 4.79 Å². The van der Waals surface area contributed by atoms with Crippen molar-refractivity contribution in [1.29, 1.82) is 5.41 Å². The van der Waals surface area contributed by atoms with E-state index in [-0.39, 0.29) is 18.0 Å². The summed E-state index contributed by atoms with van der Waals surface area (Å²) in [4.78, 5) is 21.3. The Morgan fingerprint density at radius 3 is 2.94 bits per heavy atom. The fraction of sp³-hybridized carbons (Fsp3) is 0.458. The fourth-order valence-corrected chi connectivity index (χ4v) is 4.76. The number of amides is 2. The Hall–Kier alpha value is -2.64. The van der Waals surface area contributed by atoms with Crippen LogP contribution in [0.15, 0.2) is 52.8 Å². The van der Waals surface area contributed by atoms with Crippen LogP contribution >= 0.6 is 11.6 Å². The molecule has 0 aromatic heterocycles. The molecule has 1 aromatic carbocycles. The van der Waals surface area contributed by atoms with Gasteiger partial charge in [-0.2, -0.15) is 0 Å². The van der Waals surface area contributed by atoms with E-state index in [1.54, 1.807) is 11.1 Å². The van der Waals surface area contributed by atoms with E-state index in [0.29, 0.717) is 31.6 Å². The standard InChI is InChI=1S/C24H31ClN6O/c25-21-6-2-1-4-18(21)14-30-12-3-5-19(15-30)29-24(32)31-13-9-22(26)20(16-31)23(27)17-7-10-28-11-8-17/h1-2,4,6-7,10-11,17,19,27H,3,5,8-9,12-16,26H2,(H,29,32). The molecule has 4 N–H and O–H groups in total. The van der Waals surface area contributed by atoms with Crippen LogP contribution in [0.2, 0.25) is 5.02 Å². The van der Waals surface area contributed by atoms with E-state index in [0.717, 1.165) is 54.3 Å². The van der Waals surface area contributed by atoms with Crippen molar-refractivity contribution in [1.82, 2.24) is 15.1 Å². The molecule has 2 atom stereocenters. The maximum absolute atomic E-state index is 13.0. The van der Waals surface area contributed by atoms with Crippen LogP contribution in [0.1, 0.15) is 31.2 Å². The van der Waals surface area contributed by atoms with Gasteiger partial charge in [0.2, 0.25) is 0 Å². The number of halogens is 1. The molecule has 3 aliphatic heterocycles. The summed E-state index contributed by atoms with van der Waals surface area (Å²) in [6.07, 6.45) is 8.77. The third-order valence-corrected chi connectivity index (χ3v) is 6.79. The van der Waals surface area contributed by atoms with Crippen molar-refractivity contribution in [2.45, 2.75) is 38.3 Å². The number of carbonyl (C=O) groups is 1. The van der Waals surface area contributed by atoms with Gasteiger partial charge in [-0.15, -0.1) is 0 Å². The van der Waals surface area contributed by atoms with Gasteiger partial charge in [0.15, 0.2) is 0 Å². The van der Waals surface area contributed by atoms with Crippen LogP contribution in [-0.4, -0.2) is 60.0 Å². The summed E-state index contributed by atoms with van der Waals surface area (Å²) in [5, 5.41) is 12.6. The zero-order valence-electron chi connectivity index (χ0n) is 18.3. The zero-order chi connectivity index (χ0) is 22.5. The predicted octanol–water partition coefficient (Wildman–Crippen LogP) is 3.56. The molecule has 8 heteroatoms. The molecule has 7 nitrogen and oxygen atoms in total. The summed E-state index contributed by atoms with van der Waals surface area (Å²) >= 11 is 6.33. The van der Waals surface area contributed by atoms with Crippen LogP contribution in [0.3, 0.4) is 0 Å². The third-order valence-electron chi connectivity index (χ3n) is 6.42. The zero-order valence-corrected chi connectivity index (χ0v) is 19.0. The first-order valence-corrected chi connectivity index (χ1v) is 11.6. The number of likely N-dealkylation sites (tertiary alicyclic amines) is 1. The molecule has 2 unspecified atom stereocenters. The number of aliphatic imine (C=N–C) groups is 1. The molecule has 1 fully saturated rings. The number of benzene rings is 1. The van der Waals surface area contributed by atoms with Crippen LogP contribution < -0.4 is 11.1 Å². The summed E-state index contributed by atoms with van der Waals surface area (Å²) in [5.74, 6) is -0.0271. The lowest BCUT2D eigenvalue weighted by Crippen LogP contribution is -2.53. The van der Waals surface area contributed by atoms with E-state index in [9.17, 15) is 4.79 Å². The molecule has 0 spiro atoms. The maximum atomic E-state index is 13.0. The van der Waals surface area contributed by atoms with E-state index in [4.69, 9.17) is 22.7 Å².